The average molecular weight is 346 g/mol. The van der Waals surface area contributed by atoms with Gasteiger partial charge in [-0.2, -0.15) is 0 Å². The van der Waals surface area contributed by atoms with Crippen molar-refractivity contribution in [3.05, 3.63) is 30.3 Å². The summed E-state index contributed by atoms with van der Waals surface area (Å²) in [6.07, 6.45) is 1.87. The van der Waals surface area contributed by atoms with Gasteiger partial charge in [-0.25, -0.2) is 0 Å². The molecule has 0 aromatic heterocycles. The SMILES string of the molecule is CCOC(=O)C1CCCN(C(=NC)NCCN(C)c2ccccc2)C1. The molecule has 1 heterocycles. The summed E-state index contributed by atoms with van der Waals surface area (Å²) in [5, 5.41) is 3.41. The number of benzene rings is 1. The van der Waals surface area contributed by atoms with Gasteiger partial charge in [0.15, 0.2) is 5.96 Å². The fourth-order valence-electron chi connectivity index (χ4n) is 3.10. The van der Waals surface area contributed by atoms with Crippen molar-refractivity contribution < 1.29 is 9.53 Å². The van der Waals surface area contributed by atoms with Crippen molar-refractivity contribution >= 4 is 17.6 Å². The van der Waals surface area contributed by atoms with Gasteiger partial charge < -0.3 is 19.9 Å². The van der Waals surface area contributed by atoms with Crippen LogP contribution in [0.4, 0.5) is 5.69 Å². The Kier molecular flexibility index (Phi) is 7.57. The van der Waals surface area contributed by atoms with Crippen molar-refractivity contribution in [2.24, 2.45) is 10.9 Å². The van der Waals surface area contributed by atoms with Crippen LogP contribution >= 0.6 is 0 Å². The van der Waals surface area contributed by atoms with E-state index in [-0.39, 0.29) is 11.9 Å². The summed E-state index contributed by atoms with van der Waals surface area (Å²) in [5.41, 5.74) is 1.19. The van der Waals surface area contributed by atoms with Crippen molar-refractivity contribution in [2.45, 2.75) is 19.8 Å². The summed E-state index contributed by atoms with van der Waals surface area (Å²) in [7, 11) is 3.87. The van der Waals surface area contributed by atoms with Crippen molar-refractivity contribution in [1.29, 1.82) is 0 Å². The number of guanidine groups is 1. The molecule has 1 aromatic carbocycles. The number of likely N-dealkylation sites (tertiary alicyclic amines) is 1. The number of hydrogen-bond donors (Lipinski definition) is 1. The molecule has 1 atom stereocenters. The highest BCUT2D eigenvalue weighted by Gasteiger charge is 2.28. The molecular formula is C19H30N4O2. The van der Waals surface area contributed by atoms with Gasteiger partial charge in [0.1, 0.15) is 0 Å². The van der Waals surface area contributed by atoms with E-state index in [1.807, 2.05) is 25.1 Å². The lowest BCUT2D eigenvalue weighted by Gasteiger charge is -2.34. The van der Waals surface area contributed by atoms with Crippen molar-refractivity contribution in [2.75, 3.05) is 51.8 Å². The van der Waals surface area contributed by atoms with Gasteiger partial charge in [0.05, 0.1) is 12.5 Å². The van der Waals surface area contributed by atoms with E-state index < -0.39 is 0 Å². The van der Waals surface area contributed by atoms with E-state index in [2.05, 4.69) is 39.3 Å². The maximum atomic E-state index is 12.0. The van der Waals surface area contributed by atoms with Crippen molar-refractivity contribution in [3.63, 3.8) is 0 Å². The molecule has 2 rings (SSSR count). The second kappa shape index (κ2) is 9.91. The molecule has 0 spiro atoms. The predicted molar refractivity (Wildman–Crippen MR) is 102 cm³/mol. The number of carbonyl (C=O) groups is 1. The lowest BCUT2D eigenvalue weighted by molar-refractivity contribution is -0.149. The van der Waals surface area contributed by atoms with Crippen LogP contribution in [0.3, 0.4) is 0 Å². The molecule has 25 heavy (non-hydrogen) atoms. The largest absolute Gasteiger partial charge is 0.466 e. The summed E-state index contributed by atoms with van der Waals surface area (Å²) in [6, 6.07) is 10.3. The quantitative estimate of drug-likeness (QED) is 0.485. The molecule has 1 fully saturated rings. The molecule has 1 aliphatic heterocycles. The number of carbonyl (C=O) groups excluding carboxylic acids is 1. The first-order valence-corrected chi connectivity index (χ1v) is 9.04. The Balaban J connectivity index is 1.82. The second-order valence-electron chi connectivity index (χ2n) is 6.27. The predicted octanol–water partition coefficient (Wildman–Crippen LogP) is 1.97. The fourth-order valence-corrected chi connectivity index (χ4v) is 3.10. The summed E-state index contributed by atoms with van der Waals surface area (Å²) >= 11 is 0. The van der Waals surface area contributed by atoms with E-state index >= 15 is 0 Å². The Labute approximate surface area is 150 Å². The van der Waals surface area contributed by atoms with Crippen LogP contribution in [0.15, 0.2) is 35.3 Å². The van der Waals surface area contributed by atoms with Crippen molar-refractivity contribution in [3.8, 4) is 0 Å². The van der Waals surface area contributed by atoms with Crippen LogP contribution < -0.4 is 10.2 Å². The van der Waals surface area contributed by atoms with Gasteiger partial charge in [0.2, 0.25) is 0 Å². The highest BCUT2D eigenvalue weighted by molar-refractivity contribution is 5.81. The molecule has 1 unspecified atom stereocenters. The minimum absolute atomic E-state index is 0.0563. The van der Waals surface area contributed by atoms with Gasteiger partial charge in [-0.15, -0.1) is 0 Å². The first-order chi connectivity index (χ1) is 12.2. The minimum atomic E-state index is -0.0912. The molecule has 1 aliphatic rings. The van der Waals surface area contributed by atoms with E-state index in [1.165, 1.54) is 5.69 Å². The lowest BCUT2D eigenvalue weighted by Crippen LogP contribution is -2.49. The molecule has 6 nitrogen and oxygen atoms in total. The zero-order valence-corrected chi connectivity index (χ0v) is 15.6. The Hall–Kier alpha value is -2.24. The number of ether oxygens (including phenoxy) is 1. The first-order valence-electron chi connectivity index (χ1n) is 9.04. The molecule has 0 radical (unpaired) electrons. The highest BCUT2D eigenvalue weighted by atomic mass is 16.5. The number of anilines is 1. The first kappa shape index (κ1) is 19.1. The second-order valence-corrected chi connectivity index (χ2v) is 6.27. The molecular weight excluding hydrogens is 316 g/mol. The number of aliphatic imine (C=N–C) groups is 1. The highest BCUT2D eigenvalue weighted by Crippen LogP contribution is 2.18. The third-order valence-electron chi connectivity index (χ3n) is 4.48. The van der Waals surface area contributed by atoms with Crippen LogP contribution in [-0.4, -0.2) is 63.7 Å². The molecule has 0 bridgehead atoms. The minimum Gasteiger partial charge on any atom is -0.466 e. The van der Waals surface area contributed by atoms with Crippen LogP contribution in [0.1, 0.15) is 19.8 Å². The normalized spacial score (nSPS) is 18.0. The van der Waals surface area contributed by atoms with Gasteiger partial charge in [0.25, 0.3) is 0 Å². The monoisotopic (exact) mass is 346 g/mol. The van der Waals surface area contributed by atoms with Crippen LogP contribution in [-0.2, 0) is 9.53 Å². The van der Waals surface area contributed by atoms with E-state index in [9.17, 15) is 4.79 Å². The number of para-hydroxylation sites is 1. The molecule has 1 aromatic rings. The molecule has 138 valence electrons. The summed E-state index contributed by atoms with van der Waals surface area (Å²) < 4.78 is 5.17. The summed E-state index contributed by atoms with van der Waals surface area (Å²) in [6.45, 7) is 5.55. The molecule has 0 saturated carbocycles. The Bertz CT molecular complexity index is 562. The number of rotatable bonds is 6. The average Bonchev–Trinajstić information content (AvgIpc) is 2.66. The maximum absolute atomic E-state index is 12.0. The number of hydrogen-bond acceptors (Lipinski definition) is 4. The third-order valence-corrected chi connectivity index (χ3v) is 4.48. The van der Waals surface area contributed by atoms with Crippen LogP contribution in [0, 0.1) is 5.92 Å². The Morgan fingerprint density at radius 2 is 2.16 bits per heavy atom. The van der Waals surface area contributed by atoms with E-state index in [4.69, 9.17) is 4.74 Å². The third kappa shape index (κ3) is 5.66. The van der Waals surface area contributed by atoms with Gasteiger partial charge in [-0.3, -0.25) is 9.79 Å². The van der Waals surface area contributed by atoms with Crippen LogP contribution in [0.2, 0.25) is 0 Å². The number of esters is 1. The van der Waals surface area contributed by atoms with Gasteiger partial charge in [-0.1, -0.05) is 18.2 Å². The number of piperidine rings is 1. The van der Waals surface area contributed by atoms with Crippen LogP contribution in [0.25, 0.3) is 0 Å². The van der Waals surface area contributed by atoms with E-state index in [0.717, 1.165) is 38.4 Å². The zero-order valence-electron chi connectivity index (χ0n) is 15.6. The molecule has 1 saturated heterocycles. The molecule has 1 N–H and O–H groups in total. The van der Waals surface area contributed by atoms with Gasteiger partial charge in [0, 0.05) is 46.0 Å². The number of nitrogens with one attached hydrogen (secondary N) is 1. The number of likely N-dealkylation sites (N-methyl/N-ethyl adjacent to an activating group) is 1. The molecule has 0 aliphatic carbocycles. The Morgan fingerprint density at radius 3 is 2.84 bits per heavy atom. The smallest absolute Gasteiger partial charge is 0.310 e. The maximum Gasteiger partial charge on any atom is 0.310 e. The topological polar surface area (TPSA) is 57.2 Å². The van der Waals surface area contributed by atoms with Crippen molar-refractivity contribution in [1.82, 2.24) is 10.2 Å². The molecule has 0 amide bonds. The Morgan fingerprint density at radius 1 is 1.40 bits per heavy atom. The van der Waals surface area contributed by atoms with Gasteiger partial charge >= 0.3 is 5.97 Å². The zero-order chi connectivity index (χ0) is 18.1. The standard InChI is InChI=1S/C19H30N4O2/c1-4-25-18(24)16-9-8-13-23(15-16)19(20-2)21-12-14-22(3)17-10-6-5-7-11-17/h5-7,10-11,16H,4,8-9,12-15H2,1-3H3,(H,20,21). The lowest BCUT2D eigenvalue weighted by atomic mass is 9.98. The van der Waals surface area contributed by atoms with Crippen LogP contribution in [0.5, 0.6) is 0 Å². The van der Waals surface area contributed by atoms with E-state index in [0.29, 0.717) is 13.2 Å². The summed E-state index contributed by atoms with van der Waals surface area (Å²) in [4.78, 5) is 20.7. The van der Waals surface area contributed by atoms with E-state index in [1.54, 1.807) is 7.05 Å². The molecule has 6 heteroatoms. The summed E-state index contributed by atoms with van der Waals surface area (Å²) in [5.74, 6) is 0.709. The van der Waals surface area contributed by atoms with Gasteiger partial charge in [-0.05, 0) is 31.9 Å². The number of nitrogens with zero attached hydrogens (tertiary/aromatic N) is 3. The fraction of sp³-hybridized carbons (Fsp3) is 0.579.